The van der Waals surface area contributed by atoms with Crippen molar-refractivity contribution in [2.75, 3.05) is 14.2 Å². The topological polar surface area (TPSA) is 18.5 Å². The molecular formula is C21H18F2O2. The summed E-state index contributed by atoms with van der Waals surface area (Å²) in [7, 11) is 3.00. The molecule has 3 rings (SSSR count). The summed E-state index contributed by atoms with van der Waals surface area (Å²) in [4.78, 5) is 0. The van der Waals surface area contributed by atoms with E-state index in [4.69, 9.17) is 9.47 Å². The Hall–Kier alpha value is -2.88. The zero-order chi connectivity index (χ0) is 18.0. The number of halogens is 2. The van der Waals surface area contributed by atoms with Crippen molar-refractivity contribution >= 4 is 0 Å². The van der Waals surface area contributed by atoms with Gasteiger partial charge in [0.05, 0.1) is 14.2 Å². The molecule has 4 heteroatoms. The van der Waals surface area contributed by atoms with Gasteiger partial charge in [-0.05, 0) is 25.1 Å². The SMILES string of the molecule is COc1ccccc1-c1ccc(-c2cc(C)ccc2OC)c(F)c1F. The van der Waals surface area contributed by atoms with Gasteiger partial charge < -0.3 is 9.47 Å². The van der Waals surface area contributed by atoms with E-state index in [1.54, 1.807) is 48.5 Å². The minimum absolute atomic E-state index is 0.158. The second-order valence-corrected chi connectivity index (χ2v) is 5.69. The van der Waals surface area contributed by atoms with Gasteiger partial charge in [0.15, 0.2) is 11.6 Å². The van der Waals surface area contributed by atoms with Crippen LogP contribution in [0.4, 0.5) is 8.78 Å². The summed E-state index contributed by atoms with van der Waals surface area (Å²) in [5.41, 5.74) is 2.28. The van der Waals surface area contributed by atoms with E-state index in [9.17, 15) is 8.78 Å². The van der Waals surface area contributed by atoms with Crippen molar-refractivity contribution in [3.63, 3.8) is 0 Å². The third kappa shape index (κ3) is 3.07. The van der Waals surface area contributed by atoms with Crippen molar-refractivity contribution in [1.29, 1.82) is 0 Å². The number of hydrogen-bond donors (Lipinski definition) is 0. The van der Waals surface area contributed by atoms with Crippen LogP contribution in [-0.4, -0.2) is 14.2 Å². The highest BCUT2D eigenvalue weighted by molar-refractivity contribution is 5.77. The first kappa shape index (κ1) is 17.0. The Labute approximate surface area is 145 Å². The van der Waals surface area contributed by atoms with Crippen molar-refractivity contribution in [2.45, 2.75) is 6.92 Å². The van der Waals surface area contributed by atoms with Crippen molar-refractivity contribution in [3.8, 4) is 33.8 Å². The zero-order valence-corrected chi connectivity index (χ0v) is 14.3. The molecule has 25 heavy (non-hydrogen) atoms. The maximum Gasteiger partial charge on any atom is 0.167 e. The van der Waals surface area contributed by atoms with Crippen LogP contribution in [0.15, 0.2) is 54.6 Å². The molecule has 0 aliphatic carbocycles. The first-order valence-electron chi connectivity index (χ1n) is 7.83. The molecule has 0 amide bonds. The third-order valence-corrected chi connectivity index (χ3v) is 4.12. The van der Waals surface area contributed by atoms with Crippen molar-refractivity contribution < 1.29 is 18.3 Å². The normalized spacial score (nSPS) is 10.6. The Morgan fingerprint density at radius 1 is 0.640 bits per heavy atom. The quantitative estimate of drug-likeness (QED) is 0.613. The molecule has 0 fully saturated rings. The lowest BCUT2D eigenvalue weighted by Gasteiger charge is -2.14. The van der Waals surface area contributed by atoms with Gasteiger partial charge in [-0.1, -0.05) is 42.0 Å². The molecule has 2 nitrogen and oxygen atoms in total. The van der Waals surface area contributed by atoms with Gasteiger partial charge in [0.2, 0.25) is 0 Å². The van der Waals surface area contributed by atoms with Crippen LogP contribution >= 0.6 is 0 Å². The summed E-state index contributed by atoms with van der Waals surface area (Å²) < 4.78 is 40.2. The molecule has 0 aromatic heterocycles. The average Bonchev–Trinajstić information content (AvgIpc) is 2.64. The summed E-state index contributed by atoms with van der Waals surface area (Å²) in [5.74, 6) is -0.839. The molecule has 0 radical (unpaired) electrons. The number of benzene rings is 3. The summed E-state index contributed by atoms with van der Waals surface area (Å²) >= 11 is 0. The molecule has 0 aliphatic rings. The Morgan fingerprint density at radius 2 is 1.20 bits per heavy atom. The maximum atomic E-state index is 14.8. The van der Waals surface area contributed by atoms with Gasteiger partial charge in [-0.25, -0.2) is 8.78 Å². The number of aryl methyl sites for hydroxylation is 1. The molecule has 0 saturated heterocycles. The summed E-state index contributed by atoms with van der Waals surface area (Å²) in [6.07, 6.45) is 0. The predicted octanol–water partition coefficient (Wildman–Crippen LogP) is 5.62. The third-order valence-electron chi connectivity index (χ3n) is 4.12. The predicted molar refractivity (Wildman–Crippen MR) is 95.1 cm³/mol. The lowest BCUT2D eigenvalue weighted by Crippen LogP contribution is -1.97. The minimum Gasteiger partial charge on any atom is -0.496 e. The fourth-order valence-electron chi connectivity index (χ4n) is 2.86. The van der Waals surface area contributed by atoms with Crippen molar-refractivity contribution in [1.82, 2.24) is 0 Å². The molecule has 0 atom stereocenters. The molecule has 3 aromatic carbocycles. The maximum absolute atomic E-state index is 14.8. The lowest BCUT2D eigenvalue weighted by molar-refractivity contribution is 0.415. The van der Waals surface area contributed by atoms with Gasteiger partial charge in [0.25, 0.3) is 0 Å². The van der Waals surface area contributed by atoms with Crippen LogP contribution in [0.1, 0.15) is 5.56 Å². The van der Waals surface area contributed by atoms with Gasteiger partial charge in [-0.15, -0.1) is 0 Å². The van der Waals surface area contributed by atoms with E-state index in [1.165, 1.54) is 14.2 Å². The van der Waals surface area contributed by atoms with Crippen LogP contribution < -0.4 is 9.47 Å². The van der Waals surface area contributed by atoms with E-state index >= 15 is 0 Å². The second-order valence-electron chi connectivity index (χ2n) is 5.69. The molecular weight excluding hydrogens is 322 g/mol. The Bertz CT molecular complexity index is 920. The molecule has 0 spiro atoms. The van der Waals surface area contributed by atoms with Crippen LogP contribution in [0.3, 0.4) is 0 Å². The average molecular weight is 340 g/mol. The number of para-hydroxylation sites is 1. The number of methoxy groups -OCH3 is 2. The lowest BCUT2D eigenvalue weighted by atomic mass is 9.97. The highest BCUT2D eigenvalue weighted by Gasteiger charge is 2.19. The van der Waals surface area contributed by atoms with E-state index in [1.807, 2.05) is 13.0 Å². The Balaban J connectivity index is 2.19. The molecule has 128 valence electrons. The molecule has 0 saturated carbocycles. The van der Waals surface area contributed by atoms with Gasteiger partial charge in [-0.2, -0.15) is 0 Å². The largest absolute Gasteiger partial charge is 0.496 e. The number of ether oxygens (including phenoxy) is 2. The summed E-state index contributed by atoms with van der Waals surface area (Å²) in [6.45, 7) is 1.89. The van der Waals surface area contributed by atoms with Crippen molar-refractivity contribution in [3.05, 3.63) is 71.8 Å². The standard InChI is InChI=1S/C21H18F2O2/c1-13-8-11-19(25-3)17(12-13)16-10-9-15(20(22)21(16)23)14-6-4-5-7-18(14)24-2/h4-12H,1-3H3. The molecule has 0 bridgehead atoms. The van der Waals surface area contributed by atoms with E-state index in [2.05, 4.69) is 0 Å². The van der Waals surface area contributed by atoms with Gasteiger partial charge in [-0.3, -0.25) is 0 Å². The second kappa shape index (κ2) is 6.93. The highest BCUT2D eigenvalue weighted by Crippen LogP contribution is 2.38. The minimum atomic E-state index is -0.912. The Kier molecular flexibility index (Phi) is 4.70. The highest BCUT2D eigenvalue weighted by atomic mass is 19.2. The molecule has 0 N–H and O–H groups in total. The number of rotatable bonds is 4. The monoisotopic (exact) mass is 340 g/mol. The van der Waals surface area contributed by atoms with E-state index < -0.39 is 11.6 Å². The van der Waals surface area contributed by atoms with Crippen LogP contribution in [0, 0.1) is 18.6 Å². The van der Waals surface area contributed by atoms with Crippen molar-refractivity contribution in [2.24, 2.45) is 0 Å². The number of hydrogen-bond acceptors (Lipinski definition) is 2. The van der Waals surface area contributed by atoms with E-state index in [0.29, 0.717) is 22.6 Å². The molecule has 0 aliphatic heterocycles. The molecule has 0 unspecified atom stereocenters. The Morgan fingerprint density at radius 3 is 1.84 bits per heavy atom. The summed E-state index contributed by atoms with van der Waals surface area (Å²) in [5, 5.41) is 0. The van der Waals surface area contributed by atoms with Crippen LogP contribution in [0.25, 0.3) is 22.3 Å². The smallest absolute Gasteiger partial charge is 0.167 e. The summed E-state index contributed by atoms with van der Waals surface area (Å²) in [6, 6.07) is 15.5. The van der Waals surface area contributed by atoms with E-state index in [0.717, 1.165) is 5.56 Å². The first-order chi connectivity index (χ1) is 12.1. The van der Waals surface area contributed by atoms with E-state index in [-0.39, 0.29) is 11.1 Å². The fraction of sp³-hybridized carbons (Fsp3) is 0.143. The molecule has 0 heterocycles. The molecule has 3 aromatic rings. The van der Waals surface area contributed by atoms with Gasteiger partial charge >= 0.3 is 0 Å². The van der Waals surface area contributed by atoms with Crippen LogP contribution in [0.5, 0.6) is 11.5 Å². The van der Waals surface area contributed by atoms with Crippen LogP contribution in [-0.2, 0) is 0 Å². The van der Waals surface area contributed by atoms with Gasteiger partial charge in [0, 0.05) is 22.3 Å². The first-order valence-corrected chi connectivity index (χ1v) is 7.83. The fourth-order valence-corrected chi connectivity index (χ4v) is 2.86. The van der Waals surface area contributed by atoms with Crippen LogP contribution in [0.2, 0.25) is 0 Å². The van der Waals surface area contributed by atoms with Gasteiger partial charge in [0.1, 0.15) is 11.5 Å². The zero-order valence-electron chi connectivity index (χ0n) is 14.3.